The van der Waals surface area contributed by atoms with E-state index >= 15 is 0 Å². The molecule has 1 aromatic heterocycles. The van der Waals surface area contributed by atoms with Crippen LogP contribution in [-0.4, -0.2) is 36.7 Å². The summed E-state index contributed by atoms with van der Waals surface area (Å²) in [5.74, 6) is -3.87. The third-order valence-electron chi connectivity index (χ3n) is 5.75. The smallest absolute Gasteiger partial charge is 0.387 e. The van der Waals surface area contributed by atoms with E-state index in [1.54, 1.807) is 0 Å². The van der Waals surface area contributed by atoms with Gasteiger partial charge in [-0.2, -0.15) is 8.78 Å². The second-order valence-electron chi connectivity index (χ2n) is 8.61. The Kier molecular flexibility index (Phi) is 11.1. The lowest BCUT2D eigenvalue weighted by molar-refractivity contribution is -0.145. The summed E-state index contributed by atoms with van der Waals surface area (Å²) < 4.78 is 74.4. The summed E-state index contributed by atoms with van der Waals surface area (Å²) >= 11 is 0. The van der Waals surface area contributed by atoms with Gasteiger partial charge in [0.1, 0.15) is 11.6 Å². The van der Waals surface area contributed by atoms with Crippen molar-refractivity contribution in [3.8, 4) is 23.0 Å². The summed E-state index contributed by atoms with van der Waals surface area (Å²) in [6.07, 6.45) is 1.94. The Morgan fingerprint density at radius 3 is 2.46 bits per heavy atom. The number of oxazole rings is 1. The maximum atomic E-state index is 14.5. The van der Waals surface area contributed by atoms with Crippen molar-refractivity contribution in [2.75, 3.05) is 13.2 Å². The number of rotatable bonds is 12. The van der Waals surface area contributed by atoms with Crippen molar-refractivity contribution in [1.29, 1.82) is 0 Å². The Bertz CT molecular complexity index is 1350. The lowest BCUT2D eigenvalue weighted by Gasteiger charge is -2.18. The molecule has 0 aliphatic heterocycles. The highest BCUT2D eigenvalue weighted by molar-refractivity contribution is 5.96. The van der Waals surface area contributed by atoms with E-state index in [0.29, 0.717) is 18.6 Å². The molecule has 13 heteroatoms. The second kappa shape index (κ2) is 14.5. The molecule has 0 bridgehead atoms. The lowest BCUT2D eigenvalue weighted by atomic mass is 10.1. The van der Waals surface area contributed by atoms with E-state index in [0.717, 1.165) is 25.0 Å². The molecular weight excluding hydrogens is 550 g/mol. The van der Waals surface area contributed by atoms with Crippen LogP contribution >= 0.6 is 0 Å². The summed E-state index contributed by atoms with van der Waals surface area (Å²) in [6, 6.07) is 4.89. The van der Waals surface area contributed by atoms with Gasteiger partial charge in [0.2, 0.25) is 5.89 Å². The van der Waals surface area contributed by atoms with E-state index in [1.165, 1.54) is 25.1 Å². The van der Waals surface area contributed by atoms with Crippen LogP contribution in [0, 0.1) is 17.6 Å². The van der Waals surface area contributed by atoms with Crippen LogP contribution in [0.2, 0.25) is 0 Å². The zero-order chi connectivity index (χ0) is 30.1. The van der Waals surface area contributed by atoms with E-state index in [2.05, 4.69) is 15.0 Å². The van der Waals surface area contributed by atoms with Gasteiger partial charge in [-0.25, -0.2) is 18.6 Å². The number of hydrogen-bond acceptors (Lipinski definition) is 8. The molecule has 9 nitrogen and oxygen atoms in total. The predicted octanol–water partition coefficient (Wildman–Crippen LogP) is 5.53. The van der Waals surface area contributed by atoms with Crippen LogP contribution in [0.3, 0.4) is 0 Å². The number of benzene rings is 2. The van der Waals surface area contributed by atoms with Crippen molar-refractivity contribution in [3.63, 3.8) is 0 Å². The Morgan fingerprint density at radius 1 is 1.12 bits per heavy atom. The monoisotopic (exact) mass is 581 g/mol. The van der Waals surface area contributed by atoms with Crippen LogP contribution in [-0.2, 0) is 16.1 Å². The molecular formula is C28H31F4N3O6. The fourth-order valence-corrected chi connectivity index (χ4v) is 3.65. The number of nitrogens with two attached hydrogens (primary N) is 1. The van der Waals surface area contributed by atoms with Crippen molar-refractivity contribution in [1.82, 2.24) is 10.3 Å². The zero-order valence-electron chi connectivity index (χ0n) is 22.7. The molecule has 3 N–H and O–H groups in total. The maximum Gasteiger partial charge on any atom is 0.387 e. The molecule has 0 spiro atoms. The van der Waals surface area contributed by atoms with Crippen LogP contribution in [0.4, 0.5) is 17.6 Å². The molecule has 222 valence electrons. The van der Waals surface area contributed by atoms with Crippen molar-refractivity contribution < 1.29 is 45.8 Å². The standard InChI is InChI=1S/C26H25F4N3O6.C2H6/c1-2-36-25(35)21(16-7-6-15(27)10-17(16)28)32-23(34)22-20(11-31)38-24(33-22)14-5-8-18(39-26(29)30)19(9-14)37-12-13-3-4-13;1-2/h5-10,13,21,26H,2-4,11-12,31H2,1H3,(H,32,34);1-2H3. The molecule has 0 saturated heterocycles. The Hall–Kier alpha value is -4.13. The van der Waals surface area contributed by atoms with Crippen molar-refractivity contribution in [2.45, 2.75) is 52.8 Å². The average Bonchev–Trinajstić information content (AvgIpc) is 3.68. The fraction of sp³-hybridized carbons (Fsp3) is 0.393. The SMILES string of the molecule is CC.CCOC(=O)C(NC(=O)c1nc(-c2ccc(OC(F)F)c(OCC3CC3)c2)oc1CN)c1ccc(F)cc1F. The third-order valence-corrected chi connectivity index (χ3v) is 5.75. The van der Waals surface area contributed by atoms with Gasteiger partial charge in [0, 0.05) is 17.2 Å². The topological polar surface area (TPSA) is 126 Å². The number of esters is 1. The van der Waals surface area contributed by atoms with Crippen molar-refractivity contribution >= 4 is 11.9 Å². The van der Waals surface area contributed by atoms with Crippen LogP contribution in [0.25, 0.3) is 11.5 Å². The number of carbonyl (C=O) groups is 2. The summed E-state index contributed by atoms with van der Waals surface area (Å²) in [7, 11) is 0. The van der Waals surface area contributed by atoms with Gasteiger partial charge in [0.25, 0.3) is 5.91 Å². The molecule has 41 heavy (non-hydrogen) atoms. The van der Waals surface area contributed by atoms with Crippen molar-refractivity contribution in [2.24, 2.45) is 11.7 Å². The van der Waals surface area contributed by atoms with E-state index in [-0.39, 0.29) is 53.1 Å². The van der Waals surface area contributed by atoms with E-state index in [9.17, 15) is 27.2 Å². The van der Waals surface area contributed by atoms with Gasteiger partial charge in [-0.1, -0.05) is 19.9 Å². The minimum absolute atomic E-state index is 0.0346. The normalized spacial score (nSPS) is 13.2. The first-order valence-corrected chi connectivity index (χ1v) is 13.0. The molecule has 1 fully saturated rings. The first-order chi connectivity index (χ1) is 19.7. The molecule has 1 saturated carbocycles. The lowest BCUT2D eigenvalue weighted by Crippen LogP contribution is -2.36. The van der Waals surface area contributed by atoms with Gasteiger partial charge in [0.05, 0.1) is 19.8 Å². The zero-order valence-corrected chi connectivity index (χ0v) is 22.7. The summed E-state index contributed by atoms with van der Waals surface area (Å²) in [5.41, 5.74) is 5.36. The molecule has 1 aliphatic carbocycles. The predicted molar refractivity (Wildman–Crippen MR) is 139 cm³/mol. The third kappa shape index (κ3) is 8.19. The van der Waals surface area contributed by atoms with Gasteiger partial charge < -0.3 is 29.7 Å². The second-order valence-corrected chi connectivity index (χ2v) is 8.61. The number of carbonyl (C=O) groups excluding carboxylic acids is 2. The van der Waals surface area contributed by atoms with Gasteiger partial charge in [-0.05, 0) is 49.9 Å². The molecule has 4 rings (SSSR count). The van der Waals surface area contributed by atoms with Gasteiger partial charge in [-0.3, -0.25) is 4.79 Å². The maximum absolute atomic E-state index is 14.5. The number of ether oxygens (including phenoxy) is 3. The molecule has 1 heterocycles. The minimum atomic E-state index is -3.07. The Labute approximate surface area is 234 Å². The van der Waals surface area contributed by atoms with E-state index in [4.69, 9.17) is 19.6 Å². The number of halogens is 4. The largest absolute Gasteiger partial charge is 0.489 e. The number of hydrogen-bond donors (Lipinski definition) is 2. The van der Waals surface area contributed by atoms with Crippen LogP contribution in [0.5, 0.6) is 11.5 Å². The number of amides is 1. The molecule has 1 atom stereocenters. The van der Waals surface area contributed by atoms with Crippen molar-refractivity contribution in [3.05, 3.63) is 65.1 Å². The van der Waals surface area contributed by atoms with Gasteiger partial charge in [0.15, 0.2) is 29.0 Å². The highest BCUT2D eigenvalue weighted by atomic mass is 19.3. The Balaban J connectivity index is 0.00000226. The first kappa shape index (κ1) is 31.4. The number of aromatic nitrogens is 1. The van der Waals surface area contributed by atoms with Crippen LogP contribution in [0.1, 0.15) is 61.5 Å². The van der Waals surface area contributed by atoms with Gasteiger partial charge in [-0.15, -0.1) is 0 Å². The average molecular weight is 582 g/mol. The number of alkyl halides is 2. The van der Waals surface area contributed by atoms with E-state index < -0.39 is 36.2 Å². The summed E-state index contributed by atoms with van der Waals surface area (Å²) in [6.45, 7) is 2.42. The minimum Gasteiger partial charge on any atom is -0.489 e. The highest BCUT2D eigenvalue weighted by Gasteiger charge is 2.30. The first-order valence-electron chi connectivity index (χ1n) is 13.0. The summed E-state index contributed by atoms with van der Waals surface area (Å²) in [5, 5.41) is 2.33. The highest BCUT2D eigenvalue weighted by Crippen LogP contribution is 2.36. The van der Waals surface area contributed by atoms with E-state index in [1.807, 2.05) is 13.8 Å². The van der Waals surface area contributed by atoms with Gasteiger partial charge >= 0.3 is 12.6 Å². The molecule has 1 amide bonds. The summed E-state index contributed by atoms with van der Waals surface area (Å²) in [4.78, 5) is 29.9. The number of nitrogens with zero attached hydrogens (tertiary/aromatic N) is 1. The number of nitrogens with one attached hydrogen (secondary N) is 1. The molecule has 0 radical (unpaired) electrons. The molecule has 2 aromatic carbocycles. The fourth-order valence-electron chi connectivity index (χ4n) is 3.65. The molecule has 1 aliphatic rings. The van der Waals surface area contributed by atoms with Crippen LogP contribution in [0.15, 0.2) is 40.8 Å². The molecule has 1 unspecified atom stereocenters. The quantitative estimate of drug-likeness (QED) is 0.211. The molecule has 3 aromatic rings. The van der Waals surface area contributed by atoms with Crippen LogP contribution < -0.4 is 20.5 Å². The Morgan fingerprint density at radius 2 is 1.85 bits per heavy atom.